The monoisotopic (exact) mass is 511 g/mol. The Hall–Kier alpha value is -3.71. The molecular formula is C28H27ClFNO5. The van der Waals surface area contributed by atoms with Gasteiger partial charge in [0, 0.05) is 30.0 Å². The molecule has 0 heterocycles. The quantitative estimate of drug-likeness (QED) is 0.183. The number of Topliss-reactive ketones (excluding diaryl/α,β-unsaturated/α-hetero) is 1. The van der Waals surface area contributed by atoms with Gasteiger partial charge in [-0.25, -0.2) is 4.39 Å². The summed E-state index contributed by atoms with van der Waals surface area (Å²) in [6.45, 7) is 3.94. The Morgan fingerprint density at radius 2 is 1.56 bits per heavy atom. The summed E-state index contributed by atoms with van der Waals surface area (Å²) >= 11 is 5.75. The highest BCUT2D eigenvalue weighted by atomic mass is 35.5. The predicted molar refractivity (Wildman–Crippen MR) is 136 cm³/mol. The molecule has 0 fully saturated rings. The number of ether oxygens (including phenoxy) is 2. The third-order valence-electron chi connectivity index (χ3n) is 5.39. The van der Waals surface area contributed by atoms with Crippen LogP contribution in [0.4, 0.5) is 10.1 Å². The highest BCUT2D eigenvalue weighted by molar-refractivity contribution is 6.18. The first-order chi connectivity index (χ1) is 17.3. The van der Waals surface area contributed by atoms with E-state index in [1.54, 1.807) is 24.3 Å². The molecule has 6 nitrogen and oxygen atoms in total. The summed E-state index contributed by atoms with van der Waals surface area (Å²) in [6, 6.07) is 17.7. The number of esters is 1. The summed E-state index contributed by atoms with van der Waals surface area (Å²) in [5.74, 6) is -0.525. The zero-order valence-corrected chi connectivity index (χ0v) is 20.8. The van der Waals surface area contributed by atoms with Gasteiger partial charge in [-0.15, -0.1) is 11.6 Å². The lowest BCUT2D eigenvalue weighted by Crippen LogP contribution is -2.28. The van der Waals surface area contributed by atoms with E-state index in [1.165, 1.54) is 12.1 Å². The number of amides is 1. The van der Waals surface area contributed by atoms with Crippen LogP contribution >= 0.6 is 11.6 Å². The van der Waals surface area contributed by atoms with Gasteiger partial charge in [0.05, 0.1) is 6.42 Å². The zero-order chi connectivity index (χ0) is 26.1. The standard InChI is InChI=1S/C28H27ClFNO5/c1-18-4-3-5-19(2)28(18)35-23-12-10-22(11-13-23)31-25(32)14-15-26(33)36-24(16-17-29)27(34)20-6-8-21(30)9-7-20/h3-13,24H,14-17H2,1-2H3,(H,31,32)/t24-/m1/s1. The van der Waals surface area contributed by atoms with Gasteiger partial charge in [-0.05, 0) is 73.5 Å². The van der Waals surface area contributed by atoms with E-state index in [0.29, 0.717) is 11.4 Å². The van der Waals surface area contributed by atoms with Crippen LogP contribution in [0.5, 0.6) is 11.5 Å². The largest absolute Gasteiger partial charge is 0.457 e. The van der Waals surface area contributed by atoms with Crippen LogP contribution in [0.1, 0.15) is 40.7 Å². The summed E-state index contributed by atoms with van der Waals surface area (Å²) in [7, 11) is 0. The average molecular weight is 512 g/mol. The van der Waals surface area contributed by atoms with Gasteiger partial charge >= 0.3 is 5.97 Å². The number of anilines is 1. The molecule has 188 valence electrons. The molecule has 1 N–H and O–H groups in total. The topological polar surface area (TPSA) is 81.7 Å². The Balaban J connectivity index is 1.49. The van der Waals surface area contributed by atoms with Crippen LogP contribution in [0.25, 0.3) is 0 Å². The molecule has 0 aliphatic carbocycles. The number of nitrogens with one attached hydrogen (secondary N) is 1. The van der Waals surface area contributed by atoms with Crippen molar-refractivity contribution in [2.45, 2.75) is 39.2 Å². The van der Waals surface area contributed by atoms with Gasteiger partial charge < -0.3 is 14.8 Å². The first-order valence-electron chi connectivity index (χ1n) is 11.5. The number of hydrogen-bond donors (Lipinski definition) is 1. The molecule has 36 heavy (non-hydrogen) atoms. The smallest absolute Gasteiger partial charge is 0.307 e. The van der Waals surface area contributed by atoms with Crippen LogP contribution in [0.15, 0.2) is 66.7 Å². The summed E-state index contributed by atoms with van der Waals surface area (Å²) in [6.07, 6.45) is -1.34. The normalized spacial score (nSPS) is 11.4. The fourth-order valence-electron chi connectivity index (χ4n) is 3.48. The molecule has 0 saturated heterocycles. The lowest BCUT2D eigenvalue weighted by molar-refractivity contribution is -0.148. The molecule has 0 aliphatic rings. The Bertz CT molecular complexity index is 1190. The molecule has 0 radical (unpaired) electrons. The summed E-state index contributed by atoms with van der Waals surface area (Å²) in [4.78, 5) is 37.2. The summed E-state index contributed by atoms with van der Waals surface area (Å²) in [5, 5.41) is 2.72. The van der Waals surface area contributed by atoms with E-state index < -0.39 is 23.7 Å². The predicted octanol–water partition coefficient (Wildman–Crippen LogP) is 6.38. The first-order valence-corrected chi connectivity index (χ1v) is 12.0. The third kappa shape index (κ3) is 7.65. The van der Waals surface area contributed by atoms with Crippen molar-refractivity contribution in [3.05, 3.63) is 89.2 Å². The van der Waals surface area contributed by atoms with E-state index in [1.807, 2.05) is 32.0 Å². The number of carbonyl (C=O) groups is 3. The molecule has 8 heteroatoms. The van der Waals surface area contributed by atoms with Crippen molar-refractivity contribution in [2.24, 2.45) is 0 Å². The summed E-state index contributed by atoms with van der Waals surface area (Å²) < 4.78 is 24.3. The van der Waals surface area contributed by atoms with Gasteiger partial charge in [0.15, 0.2) is 6.10 Å². The maximum absolute atomic E-state index is 13.1. The molecule has 1 atom stereocenters. The minimum atomic E-state index is -1.10. The van der Waals surface area contributed by atoms with Gasteiger partial charge in [0.25, 0.3) is 0 Å². The molecule has 0 aliphatic heterocycles. The van der Waals surface area contributed by atoms with E-state index in [2.05, 4.69) is 5.32 Å². The molecule has 3 aromatic carbocycles. The van der Waals surface area contributed by atoms with E-state index in [4.69, 9.17) is 21.1 Å². The highest BCUT2D eigenvalue weighted by Crippen LogP contribution is 2.29. The summed E-state index contributed by atoms with van der Waals surface area (Å²) in [5.41, 5.74) is 2.80. The van der Waals surface area contributed by atoms with Crippen LogP contribution < -0.4 is 10.1 Å². The molecule has 3 rings (SSSR count). The highest BCUT2D eigenvalue weighted by Gasteiger charge is 2.24. The second-order valence-corrected chi connectivity index (χ2v) is 8.60. The van der Waals surface area contributed by atoms with Crippen molar-refractivity contribution in [3.63, 3.8) is 0 Å². The van der Waals surface area contributed by atoms with Gasteiger partial charge in [-0.1, -0.05) is 18.2 Å². The maximum Gasteiger partial charge on any atom is 0.307 e. The average Bonchev–Trinajstić information content (AvgIpc) is 2.86. The van der Waals surface area contributed by atoms with Gasteiger partial charge in [0.2, 0.25) is 11.7 Å². The number of benzene rings is 3. The van der Waals surface area contributed by atoms with Gasteiger partial charge in [-0.3, -0.25) is 14.4 Å². The number of para-hydroxylation sites is 1. The van der Waals surface area contributed by atoms with Crippen molar-refractivity contribution >= 4 is 34.9 Å². The molecule has 0 spiro atoms. The number of rotatable bonds is 11. The third-order valence-corrected chi connectivity index (χ3v) is 5.61. The van der Waals surface area contributed by atoms with Crippen LogP contribution in [0, 0.1) is 19.7 Å². The van der Waals surface area contributed by atoms with E-state index in [-0.39, 0.29) is 36.6 Å². The van der Waals surface area contributed by atoms with E-state index in [0.717, 1.165) is 29.0 Å². The Morgan fingerprint density at radius 1 is 0.917 bits per heavy atom. The first kappa shape index (κ1) is 26.9. The van der Waals surface area contributed by atoms with Crippen molar-refractivity contribution in [1.82, 2.24) is 0 Å². The second-order valence-electron chi connectivity index (χ2n) is 8.22. The van der Waals surface area contributed by atoms with Crippen molar-refractivity contribution in [3.8, 4) is 11.5 Å². The van der Waals surface area contributed by atoms with E-state index in [9.17, 15) is 18.8 Å². The number of hydrogen-bond acceptors (Lipinski definition) is 5. The molecular weight excluding hydrogens is 485 g/mol. The number of aryl methyl sites for hydroxylation is 2. The van der Waals surface area contributed by atoms with Crippen molar-refractivity contribution in [2.75, 3.05) is 11.2 Å². The SMILES string of the molecule is Cc1cccc(C)c1Oc1ccc(NC(=O)CCC(=O)O[C@H](CCCl)C(=O)c2ccc(F)cc2)cc1. The number of ketones is 1. The fraction of sp³-hybridized carbons (Fsp3) is 0.250. The fourth-order valence-corrected chi connectivity index (χ4v) is 3.68. The molecule has 3 aromatic rings. The van der Waals surface area contributed by atoms with Crippen molar-refractivity contribution in [1.29, 1.82) is 0 Å². The lowest BCUT2D eigenvalue weighted by atomic mass is 10.0. The number of carbonyl (C=O) groups excluding carboxylic acids is 3. The van der Waals surface area contributed by atoms with Crippen LogP contribution in [-0.2, 0) is 14.3 Å². The Labute approximate surface area is 214 Å². The zero-order valence-electron chi connectivity index (χ0n) is 20.1. The van der Waals surface area contributed by atoms with Crippen molar-refractivity contribution < 1.29 is 28.2 Å². The van der Waals surface area contributed by atoms with Crippen LogP contribution in [-0.4, -0.2) is 29.6 Å². The van der Waals surface area contributed by atoms with Crippen LogP contribution in [0.2, 0.25) is 0 Å². The number of halogens is 2. The number of alkyl halides is 1. The lowest BCUT2D eigenvalue weighted by Gasteiger charge is -2.16. The minimum absolute atomic E-state index is 0.0918. The molecule has 0 bridgehead atoms. The maximum atomic E-state index is 13.1. The molecule has 0 unspecified atom stereocenters. The van der Waals surface area contributed by atoms with Gasteiger partial charge in [-0.2, -0.15) is 0 Å². The van der Waals surface area contributed by atoms with Gasteiger partial charge in [0.1, 0.15) is 17.3 Å². The molecule has 0 aromatic heterocycles. The van der Waals surface area contributed by atoms with E-state index >= 15 is 0 Å². The molecule has 1 amide bonds. The Kier molecular flexibility index (Phi) is 9.59. The minimum Gasteiger partial charge on any atom is -0.457 e. The Morgan fingerprint density at radius 3 is 2.17 bits per heavy atom. The van der Waals surface area contributed by atoms with Crippen LogP contribution in [0.3, 0.4) is 0 Å². The molecule has 0 saturated carbocycles. The second kappa shape index (κ2) is 12.8.